The first-order valence-corrected chi connectivity index (χ1v) is 5.97. The summed E-state index contributed by atoms with van der Waals surface area (Å²) in [4.78, 5) is 12.0. The Bertz CT molecular complexity index is 691. The summed E-state index contributed by atoms with van der Waals surface area (Å²) in [6.07, 6.45) is -4.61. The van der Waals surface area contributed by atoms with Gasteiger partial charge >= 0.3 is 6.18 Å². The summed E-state index contributed by atoms with van der Waals surface area (Å²) < 4.78 is 40.1. The van der Waals surface area contributed by atoms with Crippen molar-refractivity contribution in [2.24, 2.45) is 7.05 Å². The van der Waals surface area contributed by atoms with Crippen LogP contribution in [0.15, 0.2) is 24.3 Å². The van der Waals surface area contributed by atoms with Crippen molar-refractivity contribution in [1.29, 1.82) is 0 Å². The number of hydrogen-bond acceptors (Lipinski definition) is 3. The van der Waals surface area contributed by atoms with E-state index in [0.29, 0.717) is 5.69 Å². The minimum atomic E-state index is -4.61. The number of nitrogen functional groups attached to an aromatic ring is 1. The molecule has 1 heterocycles. The fourth-order valence-electron chi connectivity index (χ4n) is 1.91. The van der Waals surface area contributed by atoms with E-state index < -0.39 is 17.6 Å². The maximum Gasteiger partial charge on any atom is 0.418 e. The highest BCUT2D eigenvalue weighted by atomic mass is 19.4. The number of halogens is 3. The summed E-state index contributed by atoms with van der Waals surface area (Å²) in [7, 11) is 1.54. The Kier molecular flexibility index (Phi) is 3.63. The molecule has 21 heavy (non-hydrogen) atoms. The molecule has 0 unspecified atom stereocenters. The van der Waals surface area contributed by atoms with Gasteiger partial charge in [-0.15, -0.1) is 0 Å². The smallest absolute Gasteiger partial charge is 0.399 e. The monoisotopic (exact) mass is 298 g/mol. The van der Waals surface area contributed by atoms with Crippen LogP contribution in [0.5, 0.6) is 0 Å². The van der Waals surface area contributed by atoms with Gasteiger partial charge in [-0.05, 0) is 31.2 Å². The van der Waals surface area contributed by atoms with Crippen LogP contribution in [0.25, 0.3) is 0 Å². The van der Waals surface area contributed by atoms with Crippen molar-refractivity contribution in [3.8, 4) is 0 Å². The Hall–Kier alpha value is -2.51. The van der Waals surface area contributed by atoms with Gasteiger partial charge in [-0.2, -0.15) is 18.3 Å². The maximum absolute atomic E-state index is 12.9. The second kappa shape index (κ2) is 5.12. The molecule has 0 aliphatic heterocycles. The van der Waals surface area contributed by atoms with Crippen molar-refractivity contribution in [3.05, 3.63) is 41.2 Å². The third kappa shape index (κ3) is 3.15. The molecule has 0 bridgehead atoms. The Balaban J connectivity index is 2.36. The second-order valence-corrected chi connectivity index (χ2v) is 4.55. The molecule has 0 spiro atoms. The van der Waals surface area contributed by atoms with Gasteiger partial charge in [0.05, 0.1) is 16.9 Å². The lowest BCUT2D eigenvalue weighted by atomic mass is 10.1. The van der Waals surface area contributed by atoms with Crippen molar-refractivity contribution in [3.63, 3.8) is 0 Å². The zero-order chi connectivity index (χ0) is 15.8. The van der Waals surface area contributed by atoms with Crippen LogP contribution in [0.2, 0.25) is 0 Å². The van der Waals surface area contributed by atoms with E-state index in [0.717, 1.165) is 12.1 Å². The lowest BCUT2D eigenvalue weighted by Gasteiger charge is -2.14. The highest BCUT2D eigenvalue weighted by Gasteiger charge is 2.34. The number of alkyl halides is 3. The molecule has 2 aromatic rings. The van der Waals surface area contributed by atoms with Crippen LogP contribution in [0, 0.1) is 6.92 Å². The third-order valence-corrected chi connectivity index (χ3v) is 2.83. The van der Waals surface area contributed by atoms with E-state index in [1.165, 1.54) is 23.9 Å². The van der Waals surface area contributed by atoms with Gasteiger partial charge in [0.15, 0.2) is 0 Å². The molecule has 0 aliphatic rings. The van der Waals surface area contributed by atoms with E-state index in [1.807, 2.05) is 0 Å². The summed E-state index contributed by atoms with van der Waals surface area (Å²) in [6.45, 7) is 1.68. The zero-order valence-corrected chi connectivity index (χ0v) is 11.3. The topological polar surface area (TPSA) is 72.9 Å². The SMILES string of the molecule is Cc1cc(C(=O)Nc2ccc(N)cc2C(F)(F)F)n(C)n1. The van der Waals surface area contributed by atoms with Gasteiger partial charge < -0.3 is 11.1 Å². The molecule has 1 amide bonds. The number of aryl methyl sites for hydroxylation is 2. The fourth-order valence-corrected chi connectivity index (χ4v) is 1.91. The van der Waals surface area contributed by atoms with Crippen LogP contribution in [-0.4, -0.2) is 15.7 Å². The molecule has 8 heteroatoms. The number of aromatic nitrogens is 2. The van der Waals surface area contributed by atoms with Crippen molar-refractivity contribution >= 4 is 17.3 Å². The van der Waals surface area contributed by atoms with Gasteiger partial charge in [0.25, 0.3) is 5.91 Å². The number of benzene rings is 1. The number of carbonyl (C=O) groups excluding carboxylic acids is 1. The molecular formula is C13H13F3N4O. The molecule has 0 radical (unpaired) electrons. The molecular weight excluding hydrogens is 285 g/mol. The number of carbonyl (C=O) groups is 1. The number of nitrogens with two attached hydrogens (primary N) is 1. The largest absolute Gasteiger partial charge is 0.418 e. The van der Waals surface area contributed by atoms with E-state index in [9.17, 15) is 18.0 Å². The minimum Gasteiger partial charge on any atom is -0.399 e. The molecule has 1 aromatic heterocycles. The standard InChI is InChI=1S/C13H13F3N4O/c1-7-5-11(20(2)19-7)12(21)18-10-4-3-8(17)6-9(10)13(14,15)16/h3-6H,17H2,1-2H3,(H,18,21). The van der Waals surface area contributed by atoms with Crippen LogP contribution in [0.3, 0.4) is 0 Å². The van der Waals surface area contributed by atoms with E-state index >= 15 is 0 Å². The highest BCUT2D eigenvalue weighted by molar-refractivity contribution is 6.03. The summed E-state index contributed by atoms with van der Waals surface area (Å²) in [6, 6.07) is 4.68. The normalized spacial score (nSPS) is 11.5. The average molecular weight is 298 g/mol. The third-order valence-electron chi connectivity index (χ3n) is 2.83. The molecule has 5 nitrogen and oxygen atoms in total. The Morgan fingerprint density at radius 1 is 1.33 bits per heavy atom. The van der Waals surface area contributed by atoms with E-state index in [1.54, 1.807) is 6.92 Å². The maximum atomic E-state index is 12.9. The van der Waals surface area contributed by atoms with Crippen LogP contribution >= 0.6 is 0 Å². The molecule has 112 valence electrons. The zero-order valence-electron chi connectivity index (χ0n) is 11.3. The molecule has 0 atom stereocenters. The average Bonchev–Trinajstić information content (AvgIpc) is 2.69. The Morgan fingerprint density at radius 3 is 2.52 bits per heavy atom. The van der Waals surface area contributed by atoms with Gasteiger partial charge in [0.1, 0.15) is 5.69 Å². The molecule has 0 saturated carbocycles. The van der Waals surface area contributed by atoms with E-state index in [4.69, 9.17) is 5.73 Å². The lowest BCUT2D eigenvalue weighted by Crippen LogP contribution is -2.19. The van der Waals surface area contributed by atoms with Crippen LogP contribution in [-0.2, 0) is 13.2 Å². The molecule has 2 rings (SSSR count). The molecule has 0 aliphatic carbocycles. The van der Waals surface area contributed by atoms with Gasteiger partial charge in [0.2, 0.25) is 0 Å². The summed E-state index contributed by atoms with van der Waals surface area (Å²) in [5.41, 5.74) is 4.76. The lowest BCUT2D eigenvalue weighted by molar-refractivity contribution is -0.136. The second-order valence-electron chi connectivity index (χ2n) is 4.55. The highest BCUT2D eigenvalue weighted by Crippen LogP contribution is 2.36. The quantitative estimate of drug-likeness (QED) is 0.837. The fraction of sp³-hybridized carbons (Fsp3) is 0.231. The Labute approximate surface area is 118 Å². The summed E-state index contributed by atoms with van der Waals surface area (Å²) in [5, 5.41) is 6.21. The first-order valence-electron chi connectivity index (χ1n) is 5.97. The molecule has 3 N–H and O–H groups in total. The van der Waals surface area contributed by atoms with Gasteiger partial charge in [-0.25, -0.2) is 0 Å². The van der Waals surface area contributed by atoms with Gasteiger partial charge in [-0.3, -0.25) is 9.48 Å². The number of anilines is 2. The number of nitrogens with one attached hydrogen (secondary N) is 1. The van der Waals surface area contributed by atoms with Crippen molar-refractivity contribution in [2.75, 3.05) is 11.1 Å². The number of amides is 1. The first-order chi connectivity index (χ1) is 9.68. The molecule has 1 aromatic carbocycles. The number of nitrogens with zero attached hydrogens (tertiary/aromatic N) is 2. The molecule has 0 saturated heterocycles. The minimum absolute atomic E-state index is 0.0308. The van der Waals surface area contributed by atoms with Crippen molar-refractivity contribution in [1.82, 2.24) is 9.78 Å². The number of rotatable bonds is 2. The van der Waals surface area contributed by atoms with Gasteiger partial charge in [-0.1, -0.05) is 0 Å². The molecule has 0 fully saturated rings. The van der Waals surface area contributed by atoms with Crippen LogP contribution in [0.4, 0.5) is 24.5 Å². The van der Waals surface area contributed by atoms with E-state index in [-0.39, 0.29) is 17.1 Å². The van der Waals surface area contributed by atoms with Crippen molar-refractivity contribution < 1.29 is 18.0 Å². The van der Waals surface area contributed by atoms with Crippen LogP contribution in [0.1, 0.15) is 21.7 Å². The predicted molar refractivity (Wildman–Crippen MR) is 71.8 cm³/mol. The van der Waals surface area contributed by atoms with Gasteiger partial charge in [0, 0.05) is 12.7 Å². The number of hydrogen-bond donors (Lipinski definition) is 2. The van der Waals surface area contributed by atoms with Crippen molar-refractivity contribution in [2.45, 2.75) is 13.1 Å². The van der Waals surface area contributed by atoms with E-state index in [2.05, 4.69) is 10.4 Å². The summed E-state index contributed by atoms with van der Waals surface area (Å²) in [5.74, 6) is -0.673. The first kappa shape index (κ1) is 14.9. The van der Waals surface area contributed by atoms with Crippen LogP contribution < -0.4 is 11.1 Å². The predicted octanol–water partition coefficient (Wildman–Crippen LogP) is 2.58. The Morgan fingerprint density at radius 2 is 2.00 bits per heavy atom. The summed E-state index contributed by atoms with van der Waals surface area (Å²) >= 11 is 0.